The van der Waals surface area contributed by atoms with Gasteiger partial charge in [0.25, 0.3) is 5.91 Å². The largest absolute Gasteiger partial charge is 0.490 e. The number of halogens is 3. The number of carbonyl (C=O) groups is 3. The van der Waals surface area contributed by atoms with Crippen LogP contribution in [0, 0.1) is 0 Å². The molecule has 0 spiro atoms. The minimum atomic E-state index is -4.61. The van der Waals surface area contributed by atoms with E-state index in [0.717, 1.165) is 12.8 Å². The zero-order valence-corrected chi connectivity index (χ0v) is 16.1. The minimum Gasteiger partial charge on any atom is -0.490 e. The minimum absolute atomic E-state index is 0.0746. The van der Waals surface area contributed by atoms with Gasteiger partial charge in [-0.3, -0.25) is 10.1 Å². The summed E-state index contributed by atoms with van der Waals surface area (Å²) in [6, 6.07) is 2.99. The van der Waals surface area contributed by atoms with Gasteiger partial charge in [0.05, 0.1) is 18.8 Å². The van der Waals surface area contributed by atoms with Gasteiger partial charge in [-0.1, -0.05) is 13.3 Å². The summed E-state index contributed by atoms with van der Waals surface area (Å²) in [6.45, 7) is 2.14. The number of urea groups is 1. The highest BCUT2D eigenvalue weighted by Gasteiger charge is 2.28. The monoisotopic (exact) mass is 420 g/mol. The first-order valence-electron chi connectivity index (χ1n) is 8.87. The first kappa shape index (κ1) is 24.1. The fraction of sp³-hybridized carbons (Fsp3) is 0.500. The number of hydrogen-bond donors (Lipinski definition) is 2. The quantitative estimate of drug-likeness (QED) is 0.446. The molecule has 0 aromatic heterocycles. The second-order valence-corrected chi connectivity index (χ2v) is 5.72. The maximum absolute atomic E-state index is 12.1. The van der Waals surface area contributed by atoms with E-state index in [1.165, 1.54) is 23.5 Å². The summed E-state index contributed by atoms with van der Waals surface area (Å²) in [6.07, 6.45) is -2.82. The Labute approximate surface area is 165 Å². The van der Waals surface area contributed by atoms with E-state index in [9.17, 15) is 27.6 Å². The predicted octanol–water partition coefficient (Wildman–Crippen LogP) is 2.81. The third-order valence-corrected chi connectivity index (χ3v) is 3.27. The number of amides is 3. The summed E-state index contributed by atoms with van der Waals surface area (Å²) in [5.74, 6) is -1.18. The Morgan fingerprint density at radius 1 is 1.07 bits per heavy atom. The highest BCUT2D eigenvalue weighted by molar-refractivity contribution is 5.97. The van der Waals surface area contributed by atoms with Crippen molar-refractivity contribution < 1.29 is 41.8 Å². The van der Waals surface area contributed by atoms with Crippen molar-refractivity contribution in [2.24, 2.45) is 0 Å². The SMILES string of the molecule is CCCCOc1ccc(C(=O)OCC(=O)NC(=O)NCC(F)(F)F)cc1OCC. The lowest BCUT2D eigenvalue weighted by Gasteiger charge is -2.13. The smallest absolute Gasteiger partial charge is 0.405 e. The third kappa shape index (κ3) is 9.67. The topological polar surface area (TPSA) is 103 Å². The number of alkyl halides is 3. The molecule has 0 saturated heterocycles. The molecule has 1 rings (SSSR count). The zero-order valence-electron chi connectivity index (χ0n) is 16.1. The third-order valence-electron chi connectivity index (χ3n) is 3.27. The number of ether oxygens (including phenoxy) is 3. The van der Waals surface area contributed by atoms with E-state index in [-0.39, 0.29) is 5.56 Å². The molecule has 29 heavy (non-hydrogen) atoms. The van der Waals surface area contributed by atoms with Crippen LogP contribution in [0.1, 0.15) is 37.0 Å². The number of unbranched alkanes of at least 4 members (excludes halogenated alkanes) is 1. The van der Waals surface area contributed by atoms with Crippen molar-refractivity contribution in [3.05, 3.63) is 23.8 Å². The molecule has 0 aliphatic rings. The zero-order chi connectivity index (χ0) is 21.9. The Balaban J connectivity index is 2.59. The second-order valence-electron chi connectivity index (χ2n) is 5.72. The summed E-state index contributed by atoms with van der Waals surface area (Å²) in [5, 5.41) is 3.07. The maximum Gasteiger partial charge on any atom is 0.405 e. The molecule has 0 saturated carbocycles. The summed E-state index contributed by atoms with van der Waals surface area (Å²) < 4.78 is 51.7. The second kappa shape index (κ2) is 11.8. The van der Waals surface area contributed by atoms with E-state index in [4.69, 9.17) is 14.2 Å². The molecule has 8 nitrogen and oxygen atoms in total. The molecule has 0 atom stereocenters. The van der Waals surface area contributed by atoms with Crippen LogP contribution in [-0.4, -0.2) is 50.4 Å². The molecule has 0 aliphatic carbocycles. The van der Waals surface area contributed by atoms with Gasteiger partial charge in [0.2, 0.25) is 0 Å². The summed E-state index contributed by atoms with van der Waals surface area (Å²) in [5.41, 5.74) is 0.0746. The first-order valence-corrected chi connectivity index (χ1v) is 8.87. The van der Waals surface area contributed by atoms with Crippen LogP contribution in [-0.2, 0) is 9.53 Å². The molecule has 3 amide bonds. The van der Waals surface area contributed by atoms with Gasteiger partial charge >= 0.3 is 18.2 Å². The van der Waals surface area contributed by atoms with Crippen LogP contribution in [0.3, 0.4) is 0 Å². The van der Waals surface area contributed by atoms with E-state index < -0.39 is 37.2 Å². The van der Waals surface area contributed by atoms with E-state index >= 15 is 0 Å². The standard InChI is InChI=1S/C18H23F3N2O6/c1-3-5-8-28-13-7-6-12(9-14(13)27-4-2)16(25)29-10-15(24)23-17(26)22-11-18(19,20)21/h6-7,9H,3-5,8,10-11H2,1-2H3,(H2,22,23,24,26). The van der Waals surface area contributed by atoms with Gasteiger partial charge in [0.15, 0.2) is 18.1 Å². The number of esters is 1. The molecule has 1 aromatic rings. The maximum atomic E-state index is 12.1. The molecule has 0 bridgehead atoms. The lowest BCUT2D eigenvalue weighted by atomic mass is 10.2. The van der Waals surface area contributed by atoms with Crippen molar-refractivity contribution >= 4 is 17.9 Å². The van der Waals surface area contributed by atoms with Gasteiger partial charge in [0, 0.05) is 0 Å². The predicted molar refractivity (Wildman–Crippen MR) is 95.9 cm³/mol. The lowest BCUT2D eigenvalue weighted by Crippen LogP contribution is -2.44. The van der Waals surface area contributed by atoms with Gasteiger partial charge < -0.3 is 19.5 Å². The number of rotatable bonds is 10. The molecule has 0 heterocycles. The fourth-order valence-electron chi connectivity index (χ4n) is 1.95. The van der Waals surface area contributed by atoms with E-state index in [0.29, 0.717) is 24.7 Å². The molecular weight excluding hydrogens is 397 g/mol. The van der Waals surface area contributed by atoms with Crippen LogP contribution in [0.5, 0.6) is 11.5 Å². The molecular formula is C18H23F3N2O6. The molecule has 162 valence electrons. The summed E-state index contributed by atoms with van der Waals surface area (Å²) in [7, 11) is 0. The Morgan fingerprint density at radius 2 is 1.79 bits per heavy atom. The van der Waals surface area contributed by atoms with E-state index in [2.05, 4.69) is 0 Å². The molecule has 0 unspecified atom stereocenters. The molecule has 0 aliphatic heterocycles. The van der Waals surface area contributed by atoms with E-state index in [1.54, 1.807) is 12.2 Å². The van der Waals surface area contributed by atoms with Crippen molar-refractivity contribution in [2.75, 3.05) is 26.4 Å². The number of imide groups is 1. The Morgan fingerprint density at radius 3 is 2.41 bits per heavy atom. The average Bonchev–Trinajstić information content (AvgIpc) is 2.65. The summed E-state index contributed by atoms with van der Waals surface area (Å²) in [4.78, 5) is 34.7. The van der Waals surface area contributed by atoms with Crippen molar-refractivity contribution in [2.45, 2.75) is 32.9 Å². The van der Waals surface area contributed by atoms with Gasteiger partial charge in [-0.15, -0.1) is 0 Å². The number of hydrogen-bond acceptors (Lipinski definition) is 6. The number of benzene rings is 1. The molecule has 0 fully saturated rings. The van der Waals surface area contributed by atoms with Crippen LogP contribution >= 0.6 is 0 Å². The van der Waals surface area contributed by atoms with Crippen LogP contribution < -0.4 is 20.1 Å². The average molecular weight is 420 g/mol. The Hall–Kier alpha value is -2.98. The van der Waals surface area contributed by atoms with E-state index in [1.807, 2.05) is 6.92 Å². The van der Waals surface area contributed by atoms with Crippen molar-refractivity contribution in [1.29, 1.82) is 0 Å². The molecule has 0 radical (unpaired) electrons. The molecule has 2 N–H and O–H groups in total. The number of nitrogens with one attached hydrogen (secondary N) is 2. The van der Waals surface area contributed by atoms with Gasteiger partial charge in [-0.2, -0.15) is 13.2 Å². The Kier molecular flexibility index (Phi) is 9.76. The normalized spacial score (nSPS) is 10.8. The molecule has 11 heteroatoms. The summed E-state index contributed by atoms with van der Waals surface area (Å²) >= 11 is 0. The van der Waals surface area contributed by atoms with Crippen molar-refractivity contribution in [3.63, 3.8) is 0 Å². The van der Waals surface area contributed by atoms with Gasteiger partial charge in [-0.05, 0) is 31.5 Å². The Bertz CT molecular complexity index is 709. The fourth-order valence-corrected chi connectivity index (χ4v) is 1.95. The highest BCUT2D eigenvalue weighted by Crippen LogP contribution is 2.29. The van der Waals surface area contributed by atoms with Gasteiger partial charge in [0.1, 0.15) is 6.54 Å². The van der Waals surface area contributed by atoms with Crippen molar-refractivity contribution in [3.8, 4) is 11.5 Å². The van der Waals surface area contributed by atoms with Crippen molar-refractivity contribution in [1.82, 2.24) is 10.6 Å². The van der Waals surface area contributed by atoms with Crippen LogP contribution in [0.2, 0.25) is 0 Å². The van der Waals surface area contributed by atoms with Gasteiger partial charge in [-0.25, -0.2) is 9.59 Å². The van der Waals surface area contributed by atoms with Crippen LogP contribution in [0.4, 0.5) is 18.0 Å². The molecule has 1 aromatic carbocycles. The highest BCUT2D eigenvalue weighted by atomic mass is 19.4. The lowest BCUT2D eigenvalue weighted by molar-refractivity contribution is -0.125. The van der Waals surface area contributed by atoms with Crippen LogP contribution in [0.15, 0.2) is 18.2 Å². The number of carbonyl (C=O) groups excluding carboxylic acids is 3. The van der Waals surface area contributed by atoms with Crippen LogP contribution in [0.25, 0.3) is 0 Å². The first-order chi connectivity index (χ1) is 13.7.